The fourth-order valence-electron chi connectivity index (χ4n) is 3.02. The van der Waals surface area contributed by atoms with E-state index >= 15 is 0 Å². The number of amides is 1. The van der Waals surface area contributed by atoms with Gasteiger partial charge in [-0.05, 0) is 42.7 Å². The van der Waals surface area contributed by atoms with Crippen molar-refractivity contribution >= 4 is 11.6 Å². The molecule has 1 N–H and O–H groups in total. The lowest BCUT2D eigenvalue weighted by molar-refractivity contribution is -0.384. The molecule has 0 atom stereocenters. The van der Waals surface area contributed by atoms with E-state index in [0.717, 1.165) is 0 Å². The first-order valence-electron chi connectivity index (χ1n) is 7.91. The second kappa shape index (κ2) is 6.98. The third-order valence-corrected chi connectivity index (χ3v) is 4.42. The summed E-state index contributed by atoms with van der Waals surface area (Å²) in [5.41, 5.74) is 0.195. The molecule has 6 nitrogen and oxygen atoms in total. The summed E-state index contributed by atoms with van der Waals surface area (Å²) in [7, 11) is 0. The smallest absolute Gasteiger partial charge is 0.269 e. The number of halogens is 1. The summed E-state index contributed by atoms with van der Waals surface area (Å²) in [6.45, 7) is 0.911. The van der Waals surface area contributed by atoms with E-state index in [4.69, 9.17) is 4.74 Å². The number of nitrogens with zero attached hydrogens (tertiary/aromatic N) is 1. The van der Waals surface area contributed by atoms with Crippen molar-refractivity contribution in [2.45, 2.75) is 18.4 Å². The Morgan fingerprint density at radius 1 is 1.16 bits per heavy atom. The molecular formula is C18H17FN2O4. The molecule has 0 aliphatic carbocycles. The number of carbonyl (C=O) groups is 1. The second-order valence-corrected chi connectivity index (χ2v) is 5.96. The summed E-state index contributed by atoms with van der Waals surface area (Å²) in [5.74, 6) is -0.728. The van der Waals surface area contributed by atoms with Gasteiger partial charge >= 0.3 is 0 Å². The van der Waals surface area contributed by atoms with Crippen molar-refractivity contribution in [2.24, 2.45) is 0 Å². The minimum Gasteiger partial charge on any atom is -0.381 e. The zero-order valence-corrected chi connectivity index (χ0v) is 13.4. The van der Waals surface area contributed by atoms with Gasteiger partial charge < -0.3 is 10.1 Å². The van der Waals surface area contributed by atoms with E-state index in [1.165, 1.54) is 36.4 Å². The Hall–Kier alpha value is -2.80. The van der Waals surface area contributed by atoms with E-state index < -0.39 is 10.5 Å². The zero-order chi connectivity index (χ0) is 17.9. The van der Waals surface area contributed by atoms with Crippen LogP contribution in [0.1, 0.15) is 28.8 Å². The first-order chi connectivity index (χ1) is 12.0. The van der Waals surface area contributed by atoms with E-state index in [-0.39, 0.29) is 17.4 Å². The van der Waals surface area contributed by atoms with E-state index in [1.807, 2.05) is 0 Å². The number of ether oxygens (including phenoxy) is 1. The van der Waals surface area contributed by atoms with Crippen LogP contribution < -0.4 is 5.32 Å². The largest absolute Gasteiger partial charge is 0.381 e. The molecule has 2 aromatic carbocycles. The number of nitro groups is 1. The van der Waals surface area contributed by atoms with E-state index in [9.17, 15) is 19.3 Å². The molecule has 3 rings (SSSR count). The summed E-state index contributed by atoms with van der Waals surface area (Å²) in [6, 6.07) is 11.6. The van der Waals surface area contributed by atoms with Gasteiger partial charge in [0.1, 0.15) is 5.82 Å². The highest BCUT2D eigenvalue weighted by atomic mass is 19.1. The van der Waals surface area contributed by atoms with Crippen LogP contribution in [0.2, 0.25) is 0 Å². The Morgan fingerprint density at radius 3 is 2.44 bits per heavy atom. The van der Waals surface area contributed by atoms with Gasteiger partial charge in [-0.1, -0.05) is 12.1 Å². The van der Waals surface area contributed by atoms with Crippen molar-refractivity contribution < 1.29 is 18.8 Å². The minimum absolute atomic E-state index is 0.0811. The number of rotatable bonds is 4. The SMILES string of the molecule is O=C(NC1(c2cccc(F)c2)CCOCC1)c1ccc([N+](=O)[O-])cc1. The molecule has 1 fully saturated rings. The van der Waals surface area contributed by atoms with Gasteiger partial charge in [0.15, 0.2) is 0 Å². The molecule has 1 saturated heterocycles. The molecule has 2 aromatic rings. The van der Waals surface area contributed by atoms with Crippen LogP contribution in [-0.2, 0) is 10.3 Å². The van der Waals surface area contributed by atoms with Crippen molar-refractivity contribution in [1.29, 1.82) is 0 Å². The van der Waals surface area contributed by atoms with E-state index in [0.29, 0.717) is 37.2 Å². The molecule has 7 heteroatoms. The van der Waals surface area contributed by atoms with Crippen molar-refractivity contribution in [2.75, 3.05) is 13.2 Å². The second-order valence-electron chi connectivity index (χ2n) is 5.96. The Morgan fingerprint density at radius 2 is 1.84 bits per heavy atom. The van der Waals surface area contributed by atoms with Gasteiger partial charge in [0, 0.05) is 30.9 Å². The molecule has 1 heterocycles. The summed E-state index contributed by atoms with van der Waals surface area (Å²) in [5, 5.41) is 13.7. The third kappa shape index (κ3) is 3.66. The Balaban J connectivity index is 1.87. The number of benzene rings is 2. The molecule has 0 aromatic heterocycles. The van der Waals surface area contributed by atoms with Gasteiger partial charge in [0.05, 0.1) is 10.5 Å². The number of carbonyl (C=O) groups excluding carboxylic acids is 1. The van der Waals surface area contributed by atoms with Crippen molar-refractivity contribution in [3.63, 3.8) is 0 Å². The Kier molecular flexibility index (Phi) is 4.76. The third-order valence-electron chi connectivity index (χ3n) is 4.42. The summed E-state index contributed by atoms with van der Waals surface area (Å²) < 4.78 is 19.1. The lowest BCUT2D eigenvalue weighted by Gasteiger charge is -2.38. The number of nitrogens with one attached hydrogen (secondary N) is 1. The zero-order valence-electron chi connectivity index (χ0n) is 13.4. The maximum absolute atomic E-state index is 13.7. The molecule has 0 spiro atoms. The summed E-state index contributed by atoms with van der Waals surface area (Å²) >= 11 is 0. The number of non-ortho nitro benzene ring substituents is 1. The van der Waals surface area contributed by atoms with Crippen LogP contribution in [0.15, 0.2) is 48.5 Å². The maximum Gasteiger partial charge on any atom is 0.269 e. The molecule has 130 valence electrons. The standard InChI is InChI=1S/C18H17FN2O4/c19-15-3-1-2-14(12-15)18(8-10-25-11-9-18)20-17(22)13-4-6-16(7-5-13)21(23)24/h1-7,12H,8-11H2,(H,20,22). The lowest BCUT2D eigenvalue weighted by atomic mass is 9.82. The van der Waals surface area contributed by atoms with Gasteiger partial charge in [-0.25, -0.2) is 4.39 Å². The van der Waals surface area contributed by atoms with Gasteiger partial charge in [0.2, 0.25) is 0 Å². The topological polar surface area (TPSA) is 81.5 Å². The van der Waals surface area contributed by atoms with Crippen LogP contribution in [0.4, 0.5) is 10.1 Å². The van der Waals surface area contributed by atoms with Crippen molar-refractivity contribution in [1.82, 2.24) is 5.32 Å². The highest BCUT2D eigenvalue weighted by molar-refractivity contribution is 5.95. The quantitative estimate of drug-likeness (QED) is 0.682. The highest BCUT2D eigenvalue weighted by Crippen LogP contribution is 2.33. The maximum atomic E-state index is 13.7. The monoisotopic (exact) mass is 344 g/mol. The van der Waals surface area contributed by atoms with E-state index in [1.54, 1.807) is 12.1 Å². The van der Waals surface area contributed by atoms with Gasteiger partial charge in [0.25, 0.3) is 11.6 Å². The molecule has 0 bridgehead atoms. The Bertz CT molecular complexity index is 786. The predicted octanol–water partition coefficient (Wildman–Crippen LogP) is 3.17. The average Bonchev–Trinajstić information content (AvgIpc) is 2.62. The summed E-state index contributed by atoms with van der Waals surface area (Å²) in [6.07, 6.45) is 1.05. The molecule has 0 radical (unpaired) electrons. The highest BCUT2D eigenvalue weighted by Gasteiger charge is 2.36. The molecule has 0 saturated carbocycles. The Labute approximate surface area is 143 Å². The average molecular weight is 344 g/mol. The molecule has 0 unspecified atom stereocenters. The van der Waals surface area contributed by atoms with Crippen LogP contribution >= 0.6 is 0 Å². The fraction of sp³-hybridized carbons (Fsp3) is 0.278. The fourth-order valence-corrected chi connectivity index (χ4v) is 3.02. The predicted molar refractivity (Wildman–Crippen MR) is 88.7 cm³/mol. The van der Waals surface area contributed by atoms with Crippen LogP contribution in [-0.4, -0.2) is 24.0 Å². The number of nitro benzene ring substituents is 1. The molecule has 25 heavy (non-hydrogen) atoms. The molecule has 1 amide bonds. The van der Waals surface area contributed by atoms with Gasteiger partial charge in [-0.15, -0.1) is 0 Å². The van der Waals surface area contributed by atoms with Crippen molar-refractivity contribution in [3.05, 3.63) is 75.6 Å². The lowest BCUT2D eigenvalue weighted by Crippen LogP contribution is -2.49. The normalized spacial score (nSPS) is 16.2. The molecular weight excluding hydrogens is 327 g/mol. The number of hydrogen-bond donors (Lipinski definition) is 1. The van der Waals surface area contributed by atoms with E-state index in [2.05, 4.69) is 5.32 Å². The molecule has 1 aliphatic heterocycles. The van der Waals surface area contributed by atoms with Crippen LogP contribution in [0.5, 0.6) is 0 Å². The molecule has 1 aliphatic rings. The van der Waals surface area contributed by atoms with Crippen LogP contribution in [0.25, 0.3) is 0 Å². The van der Waals surface area contributed by atoms with Gasteiger partial charge in [-0.2, -0.15) is 0 Å². The van der Waals surface area contributed by atoms with Gasteiger partial charge in [-0.3, -0.25) is 14.9 Å². The minimum atomic E-state index is -0.723. The van der Waals surface area contributed by atoms with Crippen LogP contribution in [0, 0.1) is 15.9 Å². The first-order valence-corrected chi connectivity index (χ1v) is 7.91. The summed E-state index contributed by atoms with van der Waals surface area (Å²) in [4.78, 5) is 22.8. The van der Waals surface area contributed by atoms with Crippen LogP contribution in [0.3, 0.4) is 0 Å². The number of hydrogen-bond acceptors (Lipinski definition) is 4. The van der Waals surface area contributed by atoms with Crippen molar-refractivity contribution in [3.8, 4) is 0 Å². The first kappa shape index (κ1) is 17.0.